The van der Waals surface area contributed by atoms with Gasteiger partial charge in [0, 0.05) is 25.4 Å². The van der Waals surface area contributed by atoms with Crippen molar-refractivity contribution in [3.05, 3.63) is 83.1 Å². The molecule has 2 aliphatic heterocycles. The number of amides is 1. The number of nitrogens with zero attached hydrogens (tertiary/aromatic N) is 1. The predicted octanol–water partition coefficient (Wildman–Crippen LogP) is 3.73. The van der Waals surface area contributed by atoms with Crippen LogP contribution in [0, 0.1) is 0 Å². The summed E-state index contributed by atoms with van der Waals surface area (Å²) in [5, 5.41) is 9.18. The fourth-order valence-electron chi connectivity index (χ4n) is 3.85. The summed E-state index contributed by atoms with van der Waals surface area (Å²) in [5.41, 5.74) is 3.03. The Bertz CT molecular complexity index is 841. The number of benzene rings is 2. The molecule has 2 atom stereocenters. The van der Waals surface area contributed by atoms with E-state index >= 15 is 0 Å². The highest BCUT2D eigenvalue weighted by Gasteiger charge is 2.31. The van der Waals surface area contributed by atoms with E-state index in [0.29, 0.717) is 18.8 Å². The minimum atomic E-state index is -0.482. The van der Waals surface area contributed by atoms with Gasteiger partial charge < -0.3 is 19.5 Å². The zero-order chi connectivity index (χ0) is 20.1. The molecule has 0 aromatic heterocycles. The van der Waals surface area contributed by atoms with Crippen molar-refractivity contribution in [2.24, 2.45) is 0 Å². The maximum atomic E-state index is 12.9. The highest BCUT2D eigenvalue weighted by atomic mass is 16.7. The quantitative estimate of drug-likeness (QED) is 0.812. The molecular weight excluding hydrogens is 366 g/mol. The average molecular weight is 393 g/mol. The van der Waals surface area contributed by atoms with Gasteiger partial charge in [-0.1, -0.05) is 54.6 Å². The van der Waals surface area contributed by atoms with Crippen LogP contribution >= 0.6 is 0 Å². The van der Waals surface area contributed by atoms with Crippen molar-refractivity contribution in [2.75, 3.05) is 13.1 Å². The maximum absolute atomic E-state index is 12.9. The number of hydrogen-bond donors (Lipinski definition) is 1. The second-order valence-electron chi connectivity index (χ2n) is 7.62. The molecule has 0 spiro atoms. The SMILES string of the molecule is O=C(C1=C[C@H](c2ccccc2)C[C@H](OCc2ccc(CO)cc2)O1)N1CCCC1. The van der Waals surface area contributed by atoms with E-state index in [1.165, 1.54) is 0 Å². The number of likely N-dealkylation sites (tertiary alicyclic amines) is 1. The first kappa shape index (κ1) is 19.7. The van der Waals surface area contributed by atoms with Crippen LogP contribution in [0.2, 0.25) is 0 Å². The summed E-state index contributed by atoms with van der Waals surface area (Å²) in [4.78, 5) is 14.8. The van der Waals surface area contributed by atoms with Gasteiger partial charge in [-0.15, -0.1) is 0 Å². The summed E-state index contributed by atoms with van der Waals surface area (Å²) >= 11 is 0. The van der Waals surface area contributed by atoms with E-state index < -0.39 is 6.29 Å². The second-order valence-corrected chi connectivity index (χ2v) is 7.62. The van der Waals surface area contributed by atoms with E-state index in [9.17, 15) is 9.90 Å². The number of hydrogen-bond acceptors (Lipinski definition) is 4. The van der Waals surface area contributed by atoms with Crippen molar-refractivity contribution in [1.82, 2.24) is 4.90 Å². The number of carbonyl (C=O) groups is 1. The van der Waals surface area contributed by atoms with Crippen LogP contribution in [0.5, 0.6) is 0 Å². The molecule has 1 amide bonds. The molecule has 152 valence electrons. The molecule has 2 aromatic rings. The number of aliphatic hydroxyl groups excluding tert-OH is 1. The molecule has 5 nitrogen and oxygen atoms in total. The fraction of sp³-hybridized carbons (Fsp3) is 0.375. The van der Waals surface area contributed by atoms with Crippen molar-refractivity contribution in [1.29, 1.82) is 0 Å². The van der Waals surface area contributed by atoms with E-state index in [4.69, 9.17) is 9.47 Å². The molecule has 1 N–H and O–H groups in total. The maximum Gasteiger partial charge on any atom is 0.288 e. The highest BCUT2D eigenvalue weighted by molar-refractivity contribution is 5.92. The van der Waals surface area contributed by atoms with E-state index in [1.54, 1.807) is 0 Å². The van der Waals surface area contributed by atoms with E-state index in [-0.39, 0.29) is 18.4 Å². The Balaban J connectivity index is 1.48. The van der Waals surface area contributed by atoms with Gasteiger partial charge >= 0.3 is 0 Å². The molecule has 0 aliphatic carbocycles. The Morgan fingerprint density at radius 3 is 2.41 bits per heavy atom. The molecule has 29 heavy (non-hydrogen) atoms. The highest BCUT2D eigenvalue weighted by Crippen LogP contribution is 2.32. The van der Waals surface area contributed by atoms with Crippen LogP contribution < -0.4 is 0 Å². The third-order valence-electron chi connectivity index (χ3n) is 5.53. The van der Waals surface area contributed by atoms with Gasteiger partial charge in [0.05, 0.1) is 13.2 Å². The van der Waals surface area contributed by atoms with Crippen molar-refractivity contribution >= 4 is 5.91 Å². The Kier molecular flexibility index (Phi) is 6.27. The van der Waals surface area contributed by atoms with Crippen molar-refractivity contribution in [3.63, 3.8) is 0 Å². The molecular formula is C24H27NO4. The van der Waals surface area contributed by atoms with Gasteiger partial charge in [0.1, 0.15) is 0 Å². The summed E-state index contributed by atoms with van der Waals surface area (Å²) in [6.45, 7) is 2.00. The van der Waals surface area contributed by atoms with Gasteiger partial charge in [-0.05, 0) is 35.6 Å². The lowest BCUT2D eigenvalue weighted by atomic mass is 9.93. The number of allylic oxidation sites excluding steroid dienone is 1. The lowest BCUT2D eigenvalue weighted by molar-refractivity contribution is -0.155. The van der Waals surface area contributed by atoms with Gasteiger partial charge in [0.2, 0.25) is 6.29 Å². The lowest BCUT2D eigenvalue weighted by Gasteiger charge is -2.30. The third kappa shape index (κ3) is 4.86. The Hall–Kier alpha value is -2.63. The van der Waals surface area contributed by atoms with Crippen LogP contribution in [0.15, 0.2) is 66.4 Å². The summed E-state index contributed by atoms with van der Waals surface area (Å²) < 4.78 is 12.0. The Morgan fingerprint density at radius 2 is 1.72 bits per heavy atom. The molecule has 2 aromatic carbocycles. The van der Waals surface area contributed by atoms with Gasteiger partial charge in [0.15, 0.2) is 5.76 Å². The van der Waals surface area contributed by atoms with Crippen LogP contribution in [0.1, 0.15) is 41.9 Å². The van der Waals surface area contributed by atoms with Crippen molar-refractivity contribution < 1.29 is 19.4 Å². The Labute approximate surface area is 171 Å². The van der Waals surface area contributed by atoms with Gasteiger partial charge in [-0.2, -0.15) is 0 Å². The summed E-state index contributed by atoms with van der Waals surface area (Å²) in [6.07, 6.45) is 4.22. The van der Waals surface area contributed by atoms with Crippen LogP contribution in [0.25, 0.3) is 0 Å². The minimum Gasteiger partial charge on any atom is -0.459 e. The number of rotatable bonds is 6. The number of aliphatic hydroxyl groups is 1. The normalized spacial score (nSPS) is 21.6. The number of ether oxygens (including phenoxy) is 2. The first-order chi connectivity index (χ1) is 14.2. The lowest BCUT2D eigenvalue weighted by Crippen LogP contribution is -2.34. The standard InChI is InChI=1S/C24H27NO4/c26-16-18-8-10-19(11-9-18)17-28-23-15-21(20-6-2-1-3-7-20)14-22(29-23)24(27)25-12-4-5-13-25/h1-3,6-11,14,21,23,26H,4-5,12-13,15-17H2/t21-,23+/m0/s1. The first-order valence-electron chi connectivity index (χ1n) is 10.3. The molecule has 0 saturated carbocycles. The van der Waals surface area contributed by atoms with Gasteiger partial charge in [0.25, 0.3) is 5.91 Å². The van der Waals surface area contributed by atoms with Crippen LogP contribution in [-0.2, 0) is 27.5 Å². The molecule has 1 saturated heterocycles. The zero-order valence-electron chi connectivity index (χ0n) is 16.5. The molecule has 0 radical (unpaired) electrons. The average Bonchev–Trinajstić information content (AvgIpc) is 3.33. The topological polar surface area (TPSA) is 59.0 Å². The van der Waals surface area contributed by atoms with Crippen molar-refractivity contribution in [3.8, 4) is 0 Å². The molecule has 0 bridgehead atoms. The summed E-state index contributed by atoms with van der Waals surface area (Å²) in [6, 6.07) is 17.8. The van der Waals surface area contributed by atoms with E-state index in [2.05, 4.69) is 12.1 Å². The Morgan fingerprint density at radius 1 is 1.03 bits per heavy atom. The van der Waals surface area contributed by atoms with Gasteiger partial charge in [-0.3, -0.25) is 4.79 Å². The smallest absolute Gasteiger partial charge is 0.288 e. The van der Waals surface area contributed by atoms with Crippen LogP contribution in [0.3, 0.4) is 0 Å². The predicted molar refractivity (Wildman–Crippen MR) is 110 cm³/mol. The monoisotopic (exact) mass is 393 g/mol. The molecule has 4 rings (SSSR count). The summed E-state index contributed by atoms with van der Waals surface area (Å²) in [7, 11) is 0. The molecule has 2 heterocycles. The third-order valence-corrected chi connectivity index (χ3v) is 5.53. The van der Waals surface area contributed by atoms with Crippen LogP contribution in [0.4, 0.5) is 0 Å². The molecule has 0 unspecified atom stereocenters. The minimum absolute atomic E-state index is 0.0262. The van der Waals surface area contributed by atoms with Crippen LogP contribution in [-0.4, -0.2) is 35.3 Å². The molecule has 2 aliphatic rings. The van der Waals surface area contributed by atoms with Crippen molar-refractivity contribution in [2.45, 2.75) is 44.7 Å². The fourth-order valence-corrected chi connectivity index (χ4v) is 3.85. The first-order valence-corrected chi connectivity index (χ1v) is 10.3. The van der Waals surface area contributed by atoms with Gasteiger partial charge in [-0.25, -0.2) is 0 Å². The number of carbonyl (C=O) groups excluding carboxylic acids is 1. The zero-order valence-corrected chi connectivity index (χ0v) is 16.5. The van der Waals surface area contributed by atoms with E-state index in [0.717, 1.165) is 42.6 Å². The van der Waals surface area contributed by atoms with E-state index in [1.807, 2.05) is 53.4 Å². The largest absolute Gasteiger partial charge is 0.459 e. The second kappa shape index (κ2) is 9.25. The molecule has 5 heteroatoms. The molecule has 1 fully saturated rings. The summed E-state index contributed by atoms with van der Waals surface area (Å²) in [5.74, 6) is 0.435.